The molecule has 1 fully saturated rings. The van der Waals surface area contributed by atoms with E-state index in [-0.39, 0.29) is 16.6 Å². The topological polar surface area (TPSA) is 44.3 Å². The molecule has 22 heavy (non-hydrogen) atoms. The Kier molecular flexibility index (Phi) is 5.75. The second-order valence-electron chi connectivity index (χ2n) is 6.90. The van der Waals surface area contributed by atoms with Crippen molar-refractivity contribution < 1.29 is 13.7 Å². The van der Waals surface area contributed by atoms with Crippen molar-refractivity contribution in [1.29, 1.82) is 0 Å². The van der Waals surface area contributed by atoms with Crippen LogP contribution in [-0.2, 0) is 11.4 Å². The Morgan fingerprint density at radius 1 is 1.41 bits per heavy atom. The van der Waals surface area contributed by atoms with Crippen LogP contribution in [0.4, 0.5) is 4.39 Å². The molecule has 0 radical (unpaired) electrons. The monoisotopic (exact) mass is 327 g/mol. The number of halogens is 1. The SMILES string of the molecule is CCC(N[S+]([O-])C(C)(C)C)c1ccc(F)c(OCC2CC2)c1. The quantitative estimate of drug-likeness (QED) is 0.766. The minimum absolute atomic E-state index is 0.0797. The van der Waals surface area contributed by atoms with Crippen LogP contribution in [0.15, 0.2) is 18.2 Å². The van der Waals surface area contributed by atoms with Crippen LogP contribution >= 0.6 is 0 Å². The maximum absolute atomic E-state index is 13.9. The molecule has 1 aliphatic rings. The fraction of sp³-hybridized carbons (Fsp3) is 0.647. The zero-order valence-electron chi connectivity index (χ0n) is 13.8. The van der Waals surface area contributed by atoms with Crippen molar-refractivity contribution in [2.24, 2.45) is 5.92 Å². The third kappa shape index (κ3) is 4.86. The van der Waals surface area contributed by atoms with Crippen LogP contribution < -0.4 is 9.46 Å². The van der Waals surface area contributed by atoms with Crippen LogP contribution in [-0.4, -0.2) is 15.9 Å². The van der Waals surface area contributed by atoms with Gasteiger partial charge in [-0.3, -0.25) is 0 Å². The van der Waals surface area contributed by atoms with Crippen molar-refractivity contribution in [2.45, 2.75) is 57.7 Å². The molecular weight excluding hydrogens is 301 g/mol. The highest BCUT2D eigenvalue weighted by Gasteiger charge is 2.29. The number of hydrogen-bond donors (Lipinski definition) is 1. The number of benzene rings is 1. The summed E-state index contributed by atoms with van der Waals surface area (Å²) >= 11 is -1.17. The summed E-state index contributed by atoms with van der Waals surface area (Å²) in [6, 6.07) is 4.82. The van der Waals surface area contributed by atoms with Gasteiger partial charge < -0.3 is 9.29 Å². The first kappa shape index (κ1) is 17.6. The third-order valence-electron chi connectivity index (χ3n) is 3.74. The fourth-order valence-corrected chi connectivity index (χ4v) is 2.95. The van der Waals surface area contributed by atoms with Gasteiger partial charge in [-0.25, -0.2) is 4.39 Å². The smallest absolute Gasteiger partial charge is 0.165 e. The standard InChI is InChI=1S/C17H26FNO2S/c1-5-15(19-22(20)17(2,3)4)13-8-9-14(18)16(10-13)21-11-12-6-7-12/h8-10,12,15,19H,5-7,11H2,1-4H3. The summed E-state index contributed by atoms with van der Waals surface area (Å²) in [6.45, 7) is 8.39. The average Bonchev–Trinajstić information content (AvgIpc) is 3.27. The van der Waals surface area contributed by atoms with Crippen molar-refractivity contribution in [2.75, 3.05) is 6.61 Å². The molecule has 2 rings (SSSR count). The van der Waals surface area contributed by atoms with Gasteiger partial charge in [0.15, 0.2) is 11.6 Å². The summed E-state index contributed by atoms with van der Waals surface area (Å²) in [4.78, 5) is 0. The number of rotatable bonds is 7. The second-order valence-corrected chi connectivity index (χ2v) is 8.90. The predicted molar refractivity (Wildman–Crippen MR) is 88.7 cm³/mol. The highest BCUT2D eigenvalue weighted by molar-refractivity contribution is 7.90. The van der Waals surface area contributed by atoms with Crippen molar-refractivity contribution in [1.82, 2.24) is 4.72 Å². The minimum atomic E-state index is -1.17. The Morgan fingerprint density at radius 2 is 2.09 bits per heavy atom. The van der Waals surface area contributed by atoms with E-state index in [0.717, 1.165) is 12.0 Å². The van der Waals surface area contributed by atoms with Crippen LogP contribution in [0.3, 0.4) is 0 Å². The Balaban J connectivity index is 2.08. The van der Waals surface area contributed by atoms with Gasteiger partial charge in [0.05, 0.1) is 12.6 Å². The zero-order chi connectivity index (χ0) is 16.3. The molecule has 0 heterocycles. The normalized spacial score (nSPS) is 18.1. The molecule has 1 aromatic carbocycles. The Morgan fingerprint density at radius 3 is 2.64 bits per heavy atom. The van der Waals surface area contributed by atoms with Gasteiger partial charge >= 0.3 is 0 Å². The van der Waals surface area contributed by atoms with Crippen LogP contribution in [0, 0.1) is 11.7 Å². The summed E-state index contributed by atoms with van der Waals surface area (Å²) < 4.78 is 34.5. The molecule has 124 valence electrons. The van der Waals surface area contributed by atoms with Gasteiger partial charge in [0.25, 0.3) is 0 Å². The summed E-state index contributed by atoms with van der Waals surface area (Å²) in [7, 11) is 0. The maximum atomic E-state index is 13.9. The second kappa shape index (κ2) is 7.20. The lowest BCUT2D eigenvalue weighted by atomic mass is 10.1. The molecule has 1 aromatic rings. The third-order valence-corrected chi connectivity index (χ3v) is 5.35. The number of nitrogens with one attached hydrogen (secondary N) is 1. The molecule has 5 heteroatoms. The summed E-state index contributed by atoms with van der Waals surface area (Å²) in [6.07, 6.45) is 3.12. The molecule has 1 saturated carbocycles. The number of ether oxygens (including phenoxy) is 1. The molecule has 2 atom stereocenters. The van der Waals surface area contributed by atoms with Crippen LogP contribution in [0.5, 0.6) is 5.75 Å². The molecule has 1 N–H and O–H groups in total. The minimum Gasteiger partial charge on any atom is -0.598 e. The van der Waals surface area contributed by atoms with Gasteiger partial charge in [-0.15, -0.1) is 4.72 Å². The summed E-state index contributed by atoms with van der Waals surface area (Å²) in [5.74, 6) is 0.541. The molecule has 0 aliphatic heterocycles. The molecule has 2 unspecified atom stereocenters. The molecule has 0 amide bonds. The van der Waals surface area contributed by atoms with E-state index in [1.165, 1.54) is 18.9 Å². The van der Waals surface area contributed by atoms with Gasteiger partial charge in [0, 0.05) is 11.4 Å². The highest BCUT2D eigenvalue weighted by atomic mass is 32.2. The van der Waals surface area contributed by atoms with E-state index in [9.17, 15) is 8.94 Å². The number of hydrogen-bond acceptors (Lipinski definition) is 3. The van der Waals surface area contributed by atoms with Crippen LogP contribution in [0.1, 0.15) is 58.6 Å². The van der Waals surface area contributed by atoms with Gasteiger partial charge in [-0.05, 0) is 63.6 Å². The van der Waals surface area contributed by atoms with E-state index in [2.05, 4.69) is 4.72 Å². The lowest BCUT2D eigenvalue weighted by Gasteiger charge is -2.27. The van der Waals surface area contributed by atoms with Crippen molar-refractivity contribution in [3.63, 3.8) is 0 Å². The van der Waals surface area contributed by atoms with E-state index in [1.54, 1.807) is 12.1 Å². The molecule has 0 bridgehead atoms. The molecule has 1 aliphatic carbocycles. The molecule has 0 aromatic heterocycles. The molecule has 0 spiro atoms. The Hall–Kier alpha value is -0.780. The predicted octanol–water partition coefficient (Wildman–Crippen LogP) is 4.12. The van der Waals surface area contributed by atoms with Gasteiger partial charge in [-0.1, -0.05) is 13.0 Å². The van der Waals surface area contributed by atoms with Gasteiger partial charge in [-0.2, -0.15) is 0 Å². The average molecular weight is 327 g/mol. The van der Waals surface area contributed by atoms with Crippen LogP contribution in [0.2, 0.25) is 0 Å². The molecule has 0 saturated heterocycles. The lowest BCUT2D eigenvalue weighted by Crippen LogP contribution is -2.41. The van der Waals surface area contributed by atoms with E-state index < -0.39 is 11.4 Å². The molecular formula is C17H26FNO2S. The lowest BCUT2D eigenvalue weighted by molar-refractivity contribution is 0.284. The van der Waals surface area contributed by atoms with E-state index >= 15 is 0 Å². The first-order valence-corrected chi connectivity index (χ1v) is 9.06. The van der Waals surface area contributed by atoms with Crippen LogP contribution in [0.25, 0.3) is 0 Å². The largest absolute Gasteiger partial charge is 0.598 e. The first-order chi connectivity index (χ1) is 10.3. The summed E-state index contributed by atoms with van der Waals surface area (Å²) in [5.41, 5.74) is 0.910. The van der Waals surface area contributed by atoms with E-state index in [0.29, 0.717) is 18.3 Å². The van der Waals surface area contributed by atoms with Crippen molar-refractivity contribution in [3.05, 3.63) is 29.6 Å². The van der Waals surface area contributed by atoms with Gasteiger partial charge in [0.2, 0.25) is 0 Å². The maximum Gasteiger partial charge on any atom is 0.165 e. The summed E-state index contributed by atoms with van der Waals surface area (Å²) in [5, 5.41) is 0. The highest BCUT2D eigenvalue weighted by Crippen LogP contribution is 2.31. The Bertz CT molecular complexity index is 500. The van der Waals surface area contributed by atoms with E-state index in [1.807, 2.05) is 27.7 Å². The van der Waals surface area contributed by atoms with E-state index in [4.69, 9.17) is 4.74 Å². The first-order valence-electron chi connectivity index (χ1n) is 7.91. The van der Waals surface area contributed by atoms with Crippen molar-refractivity contribution >= 4 is 11.4 Å². The molecule has 3 nitrogen and oxygen atoms in total. The van der Waals surface area contributed by atoms with Gasteiger partial charge in [0.1, 0.15) is 4.75 Å². The van der Waals surface area contributed by atoms with Crippen molar-refractivity contribution in [3.8, 4) is 5.75 Å². The zero-order valence-corrected chi connectivity index (χ0v) is 14.6. The Labute approximate surface area is 135 Å². The fourth-order valence-electron chi connectivity index (χ4n) is 2.03.